The average Bonchev–Trinajstić information content (AvgIpc) is 2.35. The number of nitro groups is 2. The number of carbonyl (C=O) groups is 1. The monoisotopic (exact) mass is 282 g/mol. The smallest absolute Gasteiger partial charge is 0.303 e. The first-order valence-electron chi connectivity index (χ1n) is 5.72. The SMILES string of the molecule is CC(=O)O[C@H](c1cccc([N+](=O)[O-])c1)C(C)(C)[N+](=O)[O-]. The van der Waals surface area contributed by atoms with E-state index in [1.165, 1.54) is 38.1 Å². The first-order chi connectivity index (χ1) is 9.16. The van der Waals surface area contributed by atoms with E-state index in [2.05, 4.69) is 0 Å². The van der Waals surface area contributed by atoms with Crippen molar-refractivity contribution >= 4 is 11.7 Å². The van der Waals surface area contributed by atoms with Crippen molar-refractivity contribution < 1.29 is 19.4 Å². The summed E-state index contributed by atoms with van der Waals surface area (Å²) in [5.74, 6) is -0.698. The second kappa shape index (κ2) is 5.64. The molecule has 8 nitrogen and oxygen atoms in total. The predicted molar refractivity (Wildman–Crippen MR) is 68.7 cm³/mol. The van der Waals surface area contributed by atoms with E-state index in [4.69, 9.17) is 4.74 Å². The Bertz CT molecular complexity index is 555. The Labute approximate surface area is 114 Å². The van der Waals surface area contributed by atoms with Crippen LogP contribution in [-0.2, 0) is 9.53 Å². The molecule has 0 aromatic heterocycles. The lowest BCUT2D eigenvalue weighted by Gasteiger charge is -2.26. The summed E-state index contributed by atoms with van der Waals surface area (Å²) in [5, 5.41) is 21.9. The van der Waals surface area contributed by atoms with Gasteiger partial charge in [-0.2, -0.15) is 0 Å². The van der Waals surface area contributed by atoms with Crippen molar-refractivity contribution in [3.63, 3.8) is 0 Å². The van der Waals surface area contributed by atoms with Crippen molar-refractivity contribution in [1.82, 2.24) is 0 Å². The summed E-state index contributed by atoms with van der Waals surface area (Å²) in [6.07, 6.45) is -1.21. The Kier molecular flexibility index (Phi) is 4.38. The van der Waals surface area contributed by atoms with Crippen LogP contribution in [-0.4, -0.2) is 21.4 Å². The number of esters is 1. The van der Waals surface area contributed by atoms with Gasteiger partial charge in [0, 0.05) is 43.4 Å². The lowest BCUT2D eigenvalue weighted by atomic mass is 9.91. The molecule has 1 rings (SSSR count). The van der Waals surface area contributed by atoms with Gasteiger partial charge in [-0.15, -0.1) is 0 Å². The minimum absolute atomic E-state index is 0.205. The van der Waals surface area contributed by atoms with Crippen LogP contribution in [0.2, 0.25) is 0 Å². The molecule has 0 radical (unpaired) electrons. The van der Waals surface area contributed by atoms with Gasteiger partial charge in [-0.3, -0.25) is 25.0 Å². The third-order valence-corrected chi connectivity index (χ3v) is 2.78. The topological polar surface area (TPSA) is 113 Å². The quantitative estimate of drug-likeness (QED) is 0.465. The maximum absolute atomic E-state index is 11.1. The molecule has 0 aliphatic rings. The van der Waals surface area contributed by atoms with Crippen molar-refractivity contribution in [3.8, 4) is 0 Å². The van der Waals surface area contributed by atoms with Gasteiger partial charge >= 0.3 is 5.97 Å². The Hall–Kier alpha value is -2.51. The first-order valence-corrected chi connectivity index (χ1v) is 5.72. The van der Waals surface area contributed by atoms with Gasteiger partial charge in [0.05, 0.1) is 4.92 Å². The van der Waals surface area contributed by atoms with E-state index in [9.17, 15) is 25.0 Å². The molecular formula is C12H14N2O6. The maximum atomic E-state index is 11.1. The lowest BCUT2D eigenvalue weighted by molar-refractivity contribution is -0.574. The Morgan fingerprint density at radius 1 is 1.30 bits per heavy atom. The van der Waals surface area contributed by atoms with Gasteiger partial charge in [0.2, 0.25) is 0 Å². The molecule has 0 saturated carbocycles. The molecule has 0 aliphatic heterocycles. The van der Waals surface area contributed by atoms with Crippen molar-refractivity contribution in [2.45, 2.75) is 32.4 Å². The molecule has 108 valence electrons. The summed E-state index contributed by atoms with van der Waals surface area (Å²) >= 11 is 0. The number of hydrogen-bond donors (Lipinski definition) is 0. The third kappa shape index (κ3) is 3.28. The van der Waals surface area contributed by atoms with Gasteiger partial charge in [-0.05, 0) is 0 Å². The van der Waals surface area contributed by atoms with E-state index in [0.29, 0.717) is 0 Å². The van der Waals surface area contributed by atoms with Crippen LogP contribution in [0.3, 0.4) is 0 Å². The van der Waals surface area contributed by atoms with Crippen LogP contribution in [0, 0.1) is 20.2 Å². The molecule has 1 aromatic carbocycles. The van der Waals surface area contributed by atoms with E-state index in [0.717, 1.165) is 6.92 Å². The summed E-state index contributed by atoms with van der Waals surface area (Å²) in [6.45, 7) is 3.71. The molecule has 0 aliphatic carbocycles. The van der Waals surface area contributed by atoms with E-state index >= 15 is 0 Å². The molecule has 0 fully saturated rings. The first kappa shape index (κ1) is 15.5. The Morgan fingerprint density at radius 3 is 2.35 bits per heavy atom. The molecule has 8 heteroatoms. The number of hydrogen-bond acceptors (Lipinski definition) is 6. The highest BCUT2D eigenvalue weighted by molar-refractivity contribution is 5.66. The molecular weight excluding hydrogens is 268 g/mol. The predicted octanol–water partition coefficient (Wildman–Crippen LogP) is 2.25. The largest absolute Gasteiger partial charge is 0.450 e. The second-order valence-electron chi connectivity index (χ2n) is 4.75. The summed E-state index contributed by atoms with van der Waals surface area (Å²) in [4.78, 5) is 31.8. The number of carbonyl (C=O) groups excluding carboxylic acids is 1. The molecule has 0 unspecified atom stereocenters. The standard InChI is InChI=1S/C12H14N2O6/c1-8(15)20-11(12(2,3)14(18)19)9-5-4-6-10(7-9)13(16)17/h4-7,11H,1-3H3/t11-/m1/s1. The van der Waals surface area contributed by atoms with Gasteiger partial charge in [-0.1, -0.05) is 12.1 Å². The van der Waals surface area contributed by atoms with Gasteiger partial charge in [-0.25, -0.2) is 0 Å². The number of non-ortho nitro benzene ring substituents is 1. The fraction of sp³-hybridized carbons (Fsp3) is 0.417. The van der Waals surface area contributed by atoms with E-state index < -0.39 is 27.5 Å². The van der Waals surface area contributed by atoms with Crippen molar-refractivity contribution in [3.05, 3.63) is 50.1 Å². The van der Waals surface area contributed by atoms with Gasteiger partial charge < -0.3 is 4.74 Å². The van der Waals surface area contributed by atoms with Crippen LogP contribution in [0.5, 0.6) is 0 Å². The second-order valence-corrected chi connectivity index (χ2v) is 4.75. The van der Waals surface area contributed by atoms with Crippen LogP contribution in [0.15, 0.2) is 24.3 Å². The number of ether oxygens (including phenoxy) is 1. The molecule has 0 saturated heterocycles. The molecule has 0 spiro atoms. The fourth-order valence-corrected chi connectivity index (χ4v) is 1.68. The number of nitro benzene ring substituents is 1. The zero-order valence-corrected chi connectivity index (χ0v) is 11.2. The normalized spacial score (nSPS) is 12.6. The van der Waals surface area contributed by atoms with Gasteiger partial charge in [0.1, 0.15) is 0 Å². The molecule has 0 heterocycles. The minimum atomic E-state index is -1.61. The van der Waals surface area contributed by atoms with Crippen LogP contribution in [0.4, 0.5) is 5.69 Å². The Balaban J connectivity index is 3.31. The van der Waals surface area contributed by atoms with Crippen molar-refractivity contribution in [2.24, 2.45) is 0 Å². The lowest BCUT2D eigenvalue weighted by Crippen LogP contribution is -2.40. The number of nitrogens with zero attached hydrogens (tertiary/aromatic N) is 2. The van der Waals surface area contributed by atoms with Crippen molar-refractivity contribution in [1.29, 1.82) is 0 Å². The average molecular weight is 282 g/mol. The summed E-state index contributed by atoms with van der Waals surface area (Å²) in [5.41, 5.74) is -1.63. The summed E-state index contributed by atoms with van der Waals surface area (Å²) in [7, 11) is 0. The van der Waals surface area contributed by atoms with Crippen LogP contribution >= 0.6 is 0 Å². The van der Waals surface area contributed by atoms with Gasteiger partial charge in [0.25, 0.3) is 11.2 Å². The molecule has 1 aromatic rings. The van der Waals surface area contributed by atoms with Crippen molar-refractivity contribution in [2.75, 3.05) is 0 Å². The summed E-state index contributed by atoms with van der Waals surface area (Å²) in [6, 6.07) is 5.26. The highest BCUT2D eigenvalue weighted by Gasteiger charge is 2.44. The number of rotatable bonds is 5. The third-order valence-electron chi connectivity index (χ3n) is 2.78. The van der Waals surface area contributed by atoms with E-state index in [1.807, 2.05) is 0 Å². The zero-order valence-electron chi connectivity index (χ0n) is 11.2. The van der Waals surface area contributed by atoms with E-state index in [1.54, 1.807) is 0 Å². The molecule has 0 bridgehead atoms. The highest BCUT2D eigenvalue weighted by Crippen LogP contribution is 2.33. The van der Waals surface area contributed by atoms with Crippen LogP contribution < -0.4 is 0 Å². The highest BCUT2D eigenvalue weighted by atomic mass is 16.6. The Morgan fingerprint density at radius 2 is 1.90 bits per heavy atom. The zero-order chi connectivity index (χ0) is 15.5. The fourth-order valence-electron chi connectivity index (χ4n) is 1.68. The maximum Gasteiger partial charge on any atom is 0.303 e. The van der Waals surface area contributed by atoms with Crippen LogP contribution in [0.25, 0.3) is 0 Å². The minimum Gasteiger partial charge on any atom is -0.450 e. The van der Waals surface area contributed by atoms with E-state index in [-0.39, 0.29) is 11.3 Å². The van der Waals surface area contributed by atoms with Gasteiger partial charge in [0.15, 0.2) is 6.10 Å². The molecule has 0 N–H and O–H groups in total. The summed E-state index contributed by atoms with van der Waals surface area (Å²) < 4.78 is 4.99. The molecule has 0 amide bonds. The molecule has 20 heavy (non-hydrogen) atoms. The molecule has 1 atom stereocenters. The number of benzene rings is 1. The van der Waals surface area contributed by atoms with Crippen LogP contribution in [0.1, 0.15) is 32.4 Å².